The Kier molecular flexibility index (Phi) is 3.85. The molecule has 1 fully saturated rings. The molecule has 6 heteroatoms. The van der Waals surface area contributed by atoms with E-state index in [1.54, 1.807) is 6.20 Å². The molecule has 1 saturated heterocycles. The largest absolute Gasteiger partial charge is 0.352 e. The molecular weight excluding hydrogens is 266 g/mol. The lowest BCUT2D eigenvalue weighted by atomic mass is 10.2. The Balaban J connectivity index is 1.67. The first kappa shape index (κ1) is 13.6. The maximum atomic E-state index is 11.7. The molecule has 0 radical (unpaired) electrons. The lowest BCUT2D eigenvalue weighted by molar-refractivity contribution is -0.131. The number of nitrogens with one attached hydrogen (secondary N) is 1. The van der Waals surface area contributed by atoms with Gasteiger partial charge in [0.15, 0.2) is 5.82 Å². The number of hydrogen-bond acceptors (Lipinski definition) is 4. The number of aromatic nitrogens is 3. The molecule has 0 atom stereocenters. The van der Waals surface area contributed by atoms with E-state index in [0.29, 0.717) is 6.42 Å². The smallest absolute Gasteiger partial charge is 0.222 e. The normalized spacial score (nSPS) is 15.3. The maximum absolute atomic E-state index is 11.7. The Hall–Kier alpha value is -2.37. The van der Waals surface area contributed by atoms with E-state index in [1.165, 1.54) is 0 Å². The number of anilines is 1. The van der Waals surface area contributed by atoms with Gasteiger partial charge in [-0.1, -0.05) is 6.92 Å². The monoisotopic (exact) mass is 285 g/mol. The zero-order chi connectivity index (χ0) is 14.7. The fourth-order valence-corrected chi connectivity index (χ4v) is 2.55. The van der Waals surface area contributed by atoms with Gasteiger partial charge in [-0.3, -0.25) is 14.9 Å². The van der Waals surface area contributed by atoms with Crippen molar-refractivity contribution in [3.05, 3.63) is 30.6 Å². The van der Waals surface area contributed by atoms with Gasteiger partial charge in [0.25, 0.3) is 0 Å². The van der Waals surface area contributed by atoms with E-state index >= 15 is 0 Å². The van der Waals surface area contributed by atoms with Gasteiger partial charge in [0, 0.05) is 56.6 Å². The second kappa shape index (κ2) is 5.95. The SMILES string of the molecule is CCC(=O)N1CCN(c2cc(-c3cccnc3)[nH]n2)CC1. The van der Waals surface area contributed by atoms with Crippen LogP contribution in [0, 0.1) is 0 Å². The van der Waals surface area contributed by atoms with Crippen LogP contribution in [0.4, 0.5) is 5.82 Å². The molecule has 110 valence electrons. The molecule has 0 aliphatic carbocycles. The first-order chi connectivity index (χ1) is 10.3. The highest BCUT2D eigenvalue weighted by atomic mass is 16.2. The van der Waals surface area contributed by atoms with Crippen LogP contribution < -0.4 is 4.90 Å². The molecule has 1 N–H and O–H groups in total. The summed E-state index contributed by atoms with van der Waals surface area (Å²) < 4.78 is 0. The number of H-pyrrole nitrogens is 1. The van der Waals surface area contributed by atoms with Gasteiger partial charge < -0.3 is 9.80 Å². The fourth-order valence-electron chi connectivity index (χ4n) is 2.55. The molecule has 0 saturated carbocycles. The molecule has 0 aromatic carbocycles. The molecule has 2 aromatic heterocycles. The quantitative estimate of drug-likeness (QED) is 0.929. The van der Waals surface area contributed by atoms with Crippen molar-refractivity contribution in [3.8, 4) is 11.3 Å². The van der Waals surface area contributed by atoms with Crippen molar-refractivity contribution in [1.82, 2.24) is 20.1 Å². The number of aromatic amines is 1. The number of carbonyl (C=O) groups is 1. The van der Waals surface area contributed by atoms with Gasteiger partial charge in [-0.05, 0) is 12.1 Å². The highest BCUT2D eigenvalue weighted by Gasteiger charge is 2.21. The molecule has 1 aliphatic heterocycles. The molecule has 6 nitrogen and oxygen atoms in total. The number of carbonyl (C=O) groups excluding carboxylic acids is 1. The van der Waals surface area contributed by atoms with E-state index in [4.69, 9.17) is 0 Å². The summed E-state index contributed by atoms with van der Waals surface area (Å²) in [5.74, 6) is 1.16. The Morgan fingerprint density at radius 1 is 1.33 bits per heavy atom. The third kappa shape index (κ3) is 2.89. The number of piperazine rings is 1. The van der Waals surface area contributed by atoms with E-state index in [9.17, 15) is 4.79 Å². The standard InChI is InChI=1S/C15H19N5O/c1-2-15(21)20-8-6-19(7-9-20)14-10-13(17-18-14)12-4-3-5-16-11-12/h3-5,10-11H,2,6-9H2,1H3,(H,17,18). The third-order valence-corrected chi connectivity index (χ3v) is 3.80. The highest BCUT2D eigenvalue weighted by Crippen LogP contribution is 2.21. The number of hydrogen-bond donors (Lipinski definition) is 1. The van der Waals surface area contributed by atoms with E-state index in [1.807, 2.05) is 36.2 Å². The molecule has 0 unspecified atom stereocenters. The second-order valence-electron chi connectivity index (χ2n) is 5.10. The Morgan fingerprint density at radius 3 is 2.81 bits per heavy atom. The average molecular weight is 285 g/mol. The summed E-state index contributed by atoms with van der Waals surface area (Å²) in [6.45, 7) is 5.08. The Morgan fingerprint density at radius 2 is 2.14 bits per heavy atom. The zero-order valence-corrected chi connectivity index (χ0v) is 12.1. The lowest BCUT2D eigenvalue weighted by Crippen LogP contribution is -2.48. The van der Waals surface area contributed by atoms with Crippen LogP contribution in [0.1, 0.15) is 13.3 Å². The van der Waals surface area contributed by atoms with Crippen molar-refractivity contribution in [2.24, 2.45) is 0 Å². The predicted molar refractivity (Wildman–Crippen MR) is 80.9 cm³/mol. The summed E-state index contributed by atoms with van der Waals surface area (Å²) in [7, 11) is 0. The first-order valence-corrected chi connectivity index (χ1v) is 7.26. The predicted octanol–water partition coefficient (Wildman–Crippen LogP) is 1.53. The van der Waals surface area contributed by atoms with Crippen LogP contribution in [0.3, 0.4) is 0 Å². The fraction of sp³-hybridized carbons (Fsp3) is 0.400. The van der Waals surface area contributed by atoms with Crippen molar-refractivity contribution in [1.29, 1.82) is 0 Å². The first-order valence-electron chi connectivity index (χ1n) is 7.26. The maximum Gasteiger partial charge on any atom is 0.222 e. The van der Waals surface area contributed by atoms with Crippen molar-refractivity contribution in [2.45, 2.75) is 13.3 Å². The summed E-state index contributed by atoms with van der Waals surface area (Å²) >= 11 is 0. The van der Waals surface area contributed by atoms with Gasteiger partial charge in [0.2, 0.25) is 5.91 Å². The topological polar surface area (TPSA) is 65.1 Å². The van der Waals surface area contributed by atoms with Gasteiger partial charge in [-0.25, -0.2) is 0 Å². The minimum atomic E-state index is 0.229. The Bertz CT molecular complexity index is 602. The molecular formula is C15H19N5O. The van der Waals surface area contributed by atoms with E-state index in [0.717, 1.165) is 43.3 Å². The molecule has 1 aliphatic rings. The van der Waals surface area contributed by atoms with Crippen molar-refractivity contribution in [3.63, 3.8) is 0 Å². The summed E-state index contributed by atoms with van der Waals surface area (Å²) in [6.07, 6.45) is 4.15. The van der Waals surface area contributed by atoms with E-state index in [-0.39, 0.29) is 5.91 Å². The van der Waals surface area contributed by atoms with Gasteiger partial charge in [0.1, 0.15) is 0 Å². The molecule has 0 bridgehead atoms. The van der Waals surface area contributed by atoms with Gasteiger partial charge in [0.05, 0.1) is 5.69 Å². The van der Waals surface area contributed by atoms with Crippen LogP contribution in [-0.4, -0.2) is 52.2 Å². The molecule has 0 spiro atoms. The number of amides is 1. The van der Waals surface area contributed by atoms with Crippen molar-refractivity contribution < 1.29 is 4.79 Å². The molecule has 3 heterocycles. The number of nitrogens with zero attached hydrogens (tertiary/aromatic N) is 4. The van der Waals surface area contributed by atoms with Crippen LogP contribution in [0.5, 0.6) is 0 Å². The van der Waals surface area contributed by atoms with Crippen molar-refractivity contribution >= 4 is 11.7 Å². The molecule has 1 amide bonds. The third-order valence-electron chi connectivity index (χ3n) is 3.80. The van der Waals surface area contributed by atoms with E-state index < -0.39 is 0 Å². The molecule has 3 rings (SSSR count). The Labute approximate surface area is 123 Å². The number of rotatable bonds is 3. The van der Waals surface area contributed by atoms with Crippen LogP contribution in [0.25, 0.3) is 11.3 Å². The minimum Gasteiger partial charge on any atom is -0.352 e. The summed E-state index contributed by atoms with van der Waals surface area (Å²) in [5.41, 5.74) is 1.99. The van der Waals surface area contributed by atoms with Crippen molar-refractivity contribution in [2.75, 3.05) is 31.1 Å². The molecule has 21 heavy (non-hydrogen) atoms. The summed E-state index contributed by atoms with van der Waals surface area (Å²) in [5, 5.41) is 7.43. The summed E-state index contributed by atoms with van der Waals surface area (Å²) in [6, 6.07) is 5.95. The second-order valence-corrected chi connectivity index (χ2v) is 5.10. The lowest BCUT2D eigenvalue weighted by Gasteiger charge is -2.34. The van der Waals surface area contributed by atoms with E-state index in [2.05, 4.69) is 20.1 Å². The number of pyridine rings is 1. The molecule has 2 aromatic rings. The van der Waals surface area contributed by atoms with Gasteiger partial charge >= 0.3 is 0 Å². The van der Waals surface area contributed by atoms with Crippen LogP contribution in [0.2, 0.25) is 0 Å². The van der Waals surface area contributed by atoms with Gasteiger partial charge in [-0.2, -0.15) is 5.10 Å². The van der Waals surface area contributed by atoms with Gasteiger partial charge in [-0.15, -0.1) is 0 Å². The highest BCUT2D eigenvalue weighted by molar-refractivity contribution is 5.76. The van der Waals surface area contributed by atoms with Crippen LogP contribution >= 0.6 is 0 Å². The van der Waals surface area contributed by atoms with Crippen LogP contribution in [0.15, 0.2) is 30.6 Å². The zero-order valence-electron chi connectivity index (χ0n) is 12.1. The van der Waals surface area contributed by atoms with Crippen LogP contribution in [-0.2, 0) is 4.79 Å². The minimum absolute atomic E-state index is 0.229. The summed E-state index contributed by atoms with van der Waals surface area (Å²) in [4.78, 5) is 19.9. The average Bonchev–Trinajstić information content (AvgIpc) is 3.05.